The van der Waals surface area contributed by atoms with E-state index in [1.54, 1.807) is 49.0 Å². The van der Waals surface area contributed by atoms with E-state index in [0.717, 1.165) is 5.56 Å². The molecule has 9 heteroatoms. The standard InChI is InChI=1S/C26H26N4O4S/c1-18(20-11-6-4-7-12-20)27-25(31)21-13-10-16-23(17-21)35(33,34)28-24-19(2)29(3)30(26(24)32)22-14-8-5-9-15-22/h4-18,28H,1-3H3,(H,27,31)/t18-/m0/s1. The highest BCUT2D eigenvalue weighted by Gasteiger charge is 2.23. The number of rotatable bonds is 7. The Kier molecular flexibility index (Phi) is 6.61. The maximum Gasteiger partial charge on any atom is 0.296 e. The second-order valence-electron chi connectivity index (χ2n) is 8.18. The summed E-state index contributed by atoms with van der Waals surface area (Å²) in [6.07, 6.45) is 0. The van der Waals surface area contributed by atoms with Gasteiger partial charge in [0.05, 0.1) is 22.3 Å². The van der Waals surface area contributed by atoms with Crippen molar-refractivity contribution >= 4 is 21.6 Å². The summed E-state index contributed by atoms with van der Waals surface area (Å²) in [7, 11) is -2.46. The summed E-state index contributed by atoms with van der Waals surface area (Å²) in [4.78, 5) is 25.8. The minimum Gasteiger partial charge on any atom is -0.346 e. The second-order valence-corrected chi connectivity index (χ2v) is 9.86. The minimum atomic E-state index is -4.14. The van der Waals surface area contributed by atoms with Gasteiger partial charge in [-0.05, 0) is 49.7 Å². The van der Waals surface area contributed by atoms with Crippen LogP contribution in [0.4, 0.5) is 5.69 Å². The Morgan fingerprint density at radius 3 is 2.20 bits per heavy atom. The van der Waals surface area contributed by atoms with Gasteiger partial charge < -0.3 is 5.32 Å². The summed E-state index contributed by atoms with van der Waals surface area (Å²) >= 11 is 0. The number of sulfonamides is 1. The number of nitrogens with zero attached hydrogens (tertiary/aromatic N) is 2. The van der Waals surface area contributed by atoms with Gasteiger partial charge in [0.1, 0.15) is 5.69 Å². The minimum absolute atomic E-state index is 0.0519. The first-order chi connectivity index (χ1) is 16.7. The molecule has 4 rings (SSSR count). The van der Waals surface area contributed by atoms with Gasteiger partial charge in [0, 0.05) is 12.6 Å². The molecule has 0 bridgehead atoms. The topological polar surface area (TPSA) is 102 Å². The SMILES string of the molecule is Cc1c(NS(=O)(=O)c2cccc(C(=O)N[C@@H](C)c3ccccc3)c2)c(=O)n(-c2ccccc2)n1C. The largest absolute Gasteiger partial charge is 0.346 e. The van der Waals surface area contributed by atoms with Gasteiger partial charge in [-0.2, -0.15) is 0 Å². The molecular weight excluding hydrogens is 464 g/mol. The van der Waals surface area contributed by atoms with Gasteiger partial charge in [0.2, 0.25) is 0 Å². The molecule has 0 spiro atoms. The van der Waals surface area contributed by atoms with E-state index in [1.807, 2.05) is 43.3 Å². The number of hydrogen-bond donors (Lipinski definition) is 2. The Morgan fingerprint density at radius 2 is 1.54 bits per heavy atom. The van der Waals surface area contributed by atoms with Crippen molar-refractivity contribution in [1.29, 1.82) is 0 Å². The van der Waals surface area contributed by atoms with E-state index in [0.29, 0.717) is 11.4 Å². The molecule has 0 aliphatic carbocycles. The summed E-state index contributed by atoms with van der Waals surface area (Å²) in [5.41, 5.74) is 1.64. The van der Waals surface area contributed by atoms with E-state index in [4.69, 9.17) is 0 Å². The van der Waals surface area contributed by atoms with E-state index < -0.39 is 21.5 Å². The van der Waals surface area contributed by atoms with Crippen molar-refractivity contribution in [2.45, 2.75) is 24.8 Å². The van der Waals surface area contributed by atoms with Crippen molar-refractivity contribution in [1.82, 2.24) is 14.7 Å². The van der Waals surface area contributed by atoms with Crippen molar-refractivity contribution in [2.24, 2.45) is 7.05 Å². The molecule has 0 unspecified atom stereocenters. The summed E-state index contributed by atoms with van der Waals surface area (Å²) in [6.45, 7) is 3.51. The number of amides is 1. The molecule has 0 fully saturated rings. The number of aromatic nitrogens is 2. The lowest BCUT2D eigenvalue weighted by atomic mass is 10.1. The first kappa shape index (κ1) is 24.0. The predicted molar refractivity (Wildman–Crippen MR) is 135 cm³/mol. The molecule has 4 aromatic rings. The molecule has 0 saturated carbocycles. The highest BCUT2D eigenvalue weighted by atomic mass is 32.2. The van der Waals surface area contributed by atoms with E-state index in [9.17, 15) is 18.0 Å². The van der Waals surface area contributed by atoms with Crippen molar-refractivity contribution in [3.8, 4) is 5.69 Å². The van der Waals surface area contributed by atoms with Gasteiger partial charge in [0.25, 0.3) is 21.5 Å². The van der Waals surface area contributed by atoms with Crippen LogP contribution in [0.15, 0.2) is 94.6 Å². The smallest absolute Gasteiger partial charge is 0.296 e. The fourth-order valence-electron chi connectivity index (χ4n) is 3.79. The molecule has 1 aromatic heterocycles. The van der Waals surface area contributed by atoms with E-state index >= 15 is 0 Å². The number of carbonyl (C=O) groups excluding carboxylic acids is 1. The number of carbonyl (C=O) groups is 1. The van der Waals surface area contributed by atoms with Crippen LogP contribution in [0.2, 0.25) is 0 Å². The van der Waals surface area contributed by atoms with Crippen LogP contribution in [-0.4, -0.2) is 23.7 Å². The molecule has 1 atom stereocenters. The van der Waals surface area contributed by atoms with Gasteiger partial charge >= 0.3 is 0 Å². The third kappa shape index (κ3) is 4.90. The summed E-state index contributed by atoms with van der Waals surface area (Å²) in [6, 6.07) is 23.9. The molecule has 2 N–H and O–H groups in total. The Balaban J connectivity index is 1.61. The zero-order valence-electron chi connectivity index (χ0n) is 19.6. The average Bonchev–Trinajstić information content (AvgIpc) is 3.07. The maximum atomic E-state index is 13.2. The van der Waals surface area contributed by atoms with E-state index in [2.05, 4.69) is 10.0 Å². The molecule has 3 aromatic carbocycles. The monoisotopic (exact) mass is 490 g/mol. The molecule has 0 aliphatic heterocycles. The Labute approximate surface area is 203 Å². The van der Waals surface area contributed by atoms with E-state index in [-0.39, 0.29) is 22.2 Å². The zero-order valence-corrected chi connectivity index (χ0v) is 20.4. The van der Waals surface area contributed by atoms with Crippen molar-refractivity contribution < 1.29 is 13.2 Å². The normalized spacial score (nSPS) is 12.2. The molecular formula is C26H26N4O4S. The van der Waals surface area contributed by atoms with Crippen molar-refractivity contribution in [2.75, 3.05) is 4.72 Å². The van der Waals surface area contributed by atoms with Gasteiger partial charge in [-0.15, -0.1) is 0 Å². The first-order valence-corrected chi connectivity index (χ1v) is 12.5. The van der Waals surface area contributed by atoms with Crippen molar-refractivity contribution in [3.05, 3.63) is 112 Å². The molecule has 1 heterocycles. The Morgan fingerprint density at radius 1 is 0.914 bits per heavy atom. The first-order valence-electron chi connectivity index (χ1n) is 11.0. The number of hydrogen-bond acceptors (Lipinski definition) is 4. The number of nitrogens with one attached hydrogen (secondary N) is 2. The van der Waals surface area contributed by atoms with Crippen LogP contribution < -0.4 is 15.6 Å². The van der Waals surface area contributed by atoms with Gasteiger partial charge in [-0.3, -0.25) is 19.0 Å². The zero-order chi connectivity index (χ0) is 25.2. The number of para-hydroxylation sites is 1. The molecule has 1 amide bonds. The Bertz CT molecular complexity index is 1520. The van der Waals surface area contributed by atoms with Gasteiger partial charge in [-0.1, -0.05) is 54.6 Å². The molecule has 8 nitrogen and oxygen atoms in total. The maximum absolute atomic E-state index is 13.2. The summed E-state index contributed by atoms with van der Waals surface area (Å²) in [5.74, 6) is -0.402. The number of benzene rings is 3. The van der Waals surface area contributed by atoms with Gasteiger partial charge in [0.15, 0.2) is 0 Å². The second kappa shape index (κ2) is 9.63. The van der Waals surface area contributed by atoms with Crippen LogP contribution in [0, 0.1) is 6.92 Å². The highest BCUT2D eigenvalue weighted by molar-refractivity contribution is 7.92. The third-order valence-electron chi connectivity index (χ3n) is 5.84. The van der Waals surface area contributed by atoms with Crippen LogP contribution in [0.1, 0.15) is 34.6 Å². The summed E-state index contributed by atoms with van der Waals surface area (Å²) in [5, 5.41) is 2.88. The van der Waals surface area contributed by atoms with Crippen LogP contribution >= 0.6 is 0 Å². The van der Waals surface area contributed by atoms with E-state index in [1.165, 1.54) is 22.9 Å². The van der Waals surface area contributed by atoms with Crippen LogP contribution in [-0.2, 0) is 17.1 Å². The number of anilines is 1. The van der Waals surface area contributed by atoms with Gasteiger partial charge in [-0.25, -0.2) is 13.1 Å². The molecule has 0 radical (unpaired) electrons. The average molecular weight is 491 g/mol. The fraction of sp³-hybridized carbons (Fsp3) is 0.154. The highest BCUT2D eigenvalue weighted by Crippen LogP contribution is 2.20. The third-order valence-corrected chi connectivity index (χ3v) is 7.19. The lowest BCUT2D eigenvalue weighted by molar-refractivity contribution is 0.0939. The van der Waals surface area contributed by atoms with Crippen LogP contribution in [0.3, 0.4) is 0 Å². The molecule has 0 aliphatic rings. The van der Waals surface area contributed by atoms with Crippen molar-refractivity contribution in [3.63, 3.8) is 0 Å². The molecule has 35 heavy (non-hydrogen) atoms. The Hall–Kier alpha value is -4.11. The predicted octanol–water partition coefficient (Wildman–Crippen LogP) is 3.78. The lowest BCUT2D eigenvalue weighted by Crippen LogP contribution is -2.27. The molecule has 0 saturated heterocycles. The fourth-order valence-corrected chi connectivity index (χ4v) is 4.95. The van der Waals surface area contributed by atoms with Crippen LogP contribution in [0.5, 0.6) is 0 Å². The quantitative estimate of drug-likeness (QED) is 0.412. The molecule has 180 valence electrons. The van der Waals surface area contributed by atoms with Crippen LogP contribution in [0.25, 0.3) is 5.69 Å². The summed E-state index contributed by atoms with van der Waals surface area (Å²) < 4.78 is 31.8. The lowest BCUT2D eigenvalue weighted by Gasteiger charge is -2.15.